The van der Waals surface area contributed by atoms with Crippen LogP contribution in [0.1, 0.15) is 5.56 Å². The molecule has 2 aromatic carbocycles. The highest BCUT2D eigenvalue weighted by atomic mass is 35.5. The molecular weight excluding hydrogens is 429 g/mol. The topological polar surface area (TPSA) is 55.3 Å². The Balaban J connectivity index is 1.60. The van der Waals surface area contributed by atoms with E-state index < -0.39 is 0 Å². The van der Waals surface area contributed by atoms with Gasteiger partial charge in [-0.25, -0.2) is 4.98 Å². The zero-order valence-electron chi connectivity index (χ0n) is 15.1. The van der Waals surface area contributed by atoms with Gasteiger partial charge in [0, 0.05) is 17.4 Å². The van der Waals surface area contributed by atoms with Gasteiger partial charge in [0.25, 0.3) is 5.91 Å². The van der Waals surface area contributed by atoms with Crippen LogP contribution in [0.3, 0.4) is 0 Å². The maximum Gasteiger partial charge on any atom is 0.267 e. The molecule has 0 bridgehead atoms. The van der Waals surface area contributed by atoms with Crippen molar-refractivity contribution in [2.75, 3.05) is 11.5 Å². The summed E-state index contributed by atoms with van der Waals surface area (Å²) in [5.74, 6) is 0.343. The lowest BCUT2D eigenvalue weighted by atomic mass is 10.2. The van der Waals surface area contributed by atoms with Crippen LogP contribution in [-0.2, 0) is 11.3 Å². The largest absolute Gasteiger partial charge is 0.484 e. The molecule has 2 heterocycles. The minimum absolute atomic E-state index is 0.133. The summed E-state index contributed by atoms with van der Waals surface area (Å²) in [6, 6.07) is 16.2. The molecule has 0 aliphatic rings. The number of para-hydroxylation sites is 1. The van der Waals surface area contributed by atoms with Crippen molar-refractivity contribution < 1.29 is 9.53 Å². The predicted octanol–water partition coefficient (Wildman–Crippen LogP) is 5.61. The Labute approximate surface area is 181 Å². The molecule has 4 aromatic rings. The van der Waals surface area contributed by atoms with Crippen molar-refractivity contribution in [1.29, 1.82) is 0 Å². The van der Waals surface area contributed by atoms with Crippen LogP contribution in [0.5, 0.6) is 5.75 Å². The number of amides is 1. The quantitative estimate of drug-likeness (QED) is 0.388. The zero-order valence-corrected chi connectivity index (χ0v) is 17.4. The maximum atomic E-state index is 13.0. The van der Waals surface area contributed by atoms with Crippen LogP contribution in [0, 0.1) is 0 Å². The smallest absolute Gasteiger partial charge is 0.267 e. The van der Waals surface area contributed by atoms with E-state index >= 15 is 0 Å². The second kappa shape index (κ2) is 8.78. The van der Waals surface area contributed by atoms with Gasteiger partial charge in [-0.05, 0) is 48.0 Å². The van der Waals surface area contributed by atoms with E-state index in [1.807, 2.05) is 24.3 Å². The summed E-state index contributed by atoms with van der Waals surface area (Å²) in [6.07, 6.45) is 3.41. The summed E-state index contributed by atoms with van der Waals surface area (Å²) in [5, 5.41) is 1.71. The van der Waals surface area contributed by atoms with Crippen molar-refractivity contribution in [3.8, 4) is 5.75 Å². The first-order valence-electron chi connectivity index (χ1n) is 8.73. The highest BCUT2D eigenvalue weighted by Gasteiger charge is 2.21. The van der Waals surface area contributed by atoms with Gasteiger partial charge < -0.3 is 4.74 Å². The molecule has 0 atom stereocenters. The van der Waals surface area contributed by atoms with E-state index in [-0.39, 0.29) is 12.5 Å². The van der Waals surface area contributed by atoms with E-state index in [0.717, 1.165) is 10.3 Å². The molecule has 2 aromatic heterocycles. The first-order valence-corrected chi connectivity index (χ1v) is 10.3. The van der Waals surface area contributed by atoms with Crippen molar-refractivity contribution in [2.45, 2.75) is 6.54 Å². The summed E-state index contributed by atoms with van der Waals surface area (Å²) in [5.41, 5.74) is 1.56. The first kappa shape index (κ1) is 19.6. The Bertz CT molecular complexity index is 1130. The van der Waals surface area contributed by atoms with Gasteiger partial charge in [-0.15, -0.1) is 0 Å². The summed E-state index contributed by atoms with van der Waals surface area (Å²) < 4.78 is 6.56. The third-order valence-corrected chi connectivity index (χ3v) is 5.73. The molecule has 0 aliphatic heterocycles. The Morgan fingerprint density at radius 2 is 1.90 bits per heavy atom. The number of rotatable bonds is 6. The van der Waals surface area contributed by atoms with Crippen LogP contribution < -0.4 is 9.64 Å². The molecular formula is C21H15Cl2N3O2S. The van der Waals surface area contributed by atoms with Gasteiger partial charge in [-0.2, -0.15) is 0 Å². The highest BCUT2D eigenvalue weighted by Crippen LogP contribution is 2.33. The molecule has 0 spiro atoms. The number of benzene rings is 2. The summed E-state index contributed by atoms with van der Waals surface area (Å²) in [6.45, 7) is 0.194. The number of anilines is 1. The molecule has 0 unspecified atom stereocenters. The Kier molecular flexibility index (Phi) is 5.94. The van der Waals surface area contributed by atoms with Crippen molar-refractivity contribution in [1.82, 2.24) is 9.97 Å². The lowest BCUT2D eigenvalue weighted by Gasteiger charge is -2.20. The van der Waals surface area contributed by atoms with E-state index in [1.54, 1.807) is 47.6 Å². The molecule has 146 valence electrons. The molecule has 8 heteroatoms. The molecule has 5 nitrogen and oxygen atoms in total. The lowest BCUT2D eigenvalue weighted by Crippen LogP contribution is -2.34. The fourth-order valence-electron chi connectivity index (χ4n) is 2.71. The Morgan fingerprint density at radius 1 is 1.07 bits per heavy atom. The third-order valence-electron chi connectivity index (χ3n) is 4.13. The standard InChI is InChI=1S/C21H15Cl2N3O2S/c22-15-6-8-16(9-7-15)28-13-19(27)26(12-14-3-2-10-24-11-14)21-25-20-17(23)4-1-5-18(20)29-21/h1-11H,12-13H2. The predicted molar refractivity (Wildman–Crippen MR) is 117 cm³/mol. The number of fused-ring (bicyclic) bond motifs is 1. The minimum atomic E-state index is -0.223. The number of carbonyl (C=O) groups is 1. The van der Waals surface area contributed by atoms with Gasteiger partial charge in [-0.1, -0.05) is 46.7 Å². The second-order valence-corrected chi connectivity index (χ2v) is 8.02. The highest BCUT2D eigenvalue weighted by molar-refractivity contribution is 7.22. The Morgan fingerprint density at radius 3 is 2.62 bits per heavy atom. The number of hydrogen-bond donors (Lipinski definition) is 0. The number of hydrogen-bond acceptors (Lipinski definition) is 5. The molecule has 0 radical (unpaired) electrons. The van der Waals surface area contributed by atoms with E-state index in [2.05, 4.69) is 9.97 Å². The van der Waals surface area contributed by atoms with Crippen LogP contribution in [0.25, 0.3) is 10.2 Å². The van der Waals surface area contributed by atoms with E-state index in [1.165, 1.54) is 11.3 Å². The molecule has 29 heavy (non-hydrogen) atoms. The van der Waals surface area contributed by atoms with Crippen LogP contribution in [0.4, 0.5) is 5.13 Å². The van der Waals surface area contributed by atoms with Gasteiger partial charge in [0.05, 0.1) is 16.3 Å². The molecule has 0 fully saturated rings. The molecule has 0 N–H and O–H groups in total. The number of nitrogens with zero attached hydrogens (tertiary/aromatic N) is 3. The number of aromatic nitrogens is 2. The SMILES string of the molecule is O=C(COc1ccc(Cl)cc1)N(Cc1cccnc1)c1nc2c(Cl)cccc2s1. The van der Waals surface area contributed by atoms with E-state index in [0.29, 0.717) is 33.0 Å². The van der Waals surface area contributed by atoms with Gasteiger partial charge in [0.1, 0.15) is 11.3 Å². The van der Waals surface area contributed by atoms with Gasteiger partial charge in [0.2, 0.25) is 0 Å². The summed E-state index contributed by atoms with van der Waals surface area (Å²) >= 11 is 13.6. The van der Waals surface area contributed by atoms with Crippen molar-refractivity contribution in [3.63, 3.8) is 0 Å². The van der Waals surface area contributed by atoms with E-state index in [9.17, 15) is 4.79 Å². The molecule has 0 saturated heterocycles. The minimum Gasteiger partial charge on any atom is -0.484 e. The average Bonchev–Trinajstić information content (AvgIpc) is 3.17. The van der Waals surface area contributed by atoms with Crippen LogP contribution in [-0.4, -0.2) is 22.5 Å². The third kappa shape index (κ3) is 4.67. The number of thiazole rings is 1. The Hall–Kier alpha value is -2.67. The van der Waals surface area contributed by atoms with Crippen LogP contribution in [0.2, 0.25) is 10.0 Å². The van der Waals surface area contributed by atoms with Crippen LogP contribution >= 0.6 is 34.5 Å². The maximum absolute atomic E-state index is 13.0. The average molecular weight is 444 g/mol. The lowest BCUT2D eigenvalue weighted by molar-refractivity contribution is -0.120. The second-order valence-electron chi connectivity index (χ2n) is 6.17. The first-order chi connectivity index (χ1) is 14.1. The van der Waals surface area contributed by atoms with Gasteiger partial charge in [-0.3, -0.25) is 14.7 Å². The summed E-state index contributed by atoms with van der Waals surface area (Å²) in [4.78, 5) is 23.4. The molecule has 4 rings (SSSR count). The normalized spacial score (nSPS) is 10.8. The van der Waals surface area contributed by atoms with E-state index in [4.69, 9.17) is 27.9 Å². The van der Waals surface area contributed by atoms with Crippen molar-refractivity contribution in [2.24, 2.45) is 0 Å². The molecule has 0 saturated carbocycles. The number of carbonyl (C=O) groups excluding carboxylic acids is 1. The molecule has 1 amide bonds. The molecule has 0 aliphatic carbocycles. The monoisotopic (exact) mass is 443 g/mol. The number of ether oxygens (including phenoxy) is 1. The number of pyridine rings is 1. The zero-order chi connectivity index (χ0) is 20.2. The fourth-order valence-corrected chi connectivity index (χ4v) is 4.12. The van der Waals surface area contributed by atoms with Crippen LogP contribution in [0.15, 0.2) is 67.0 Å². The van der Waals surface area contributed by atoms with Gasteiger partial charge >= 0.3 is 0 Å². The van der Waals surface area contributed by atoms with Crippen molar-refractivity contribution in [3.05, 3.63) is 82.6 Å². The summed E-state index contributed by atoms with van der Waals surface area (Å²) in [7, 11) is 0. The fraction of sp³-hybridized carbons (Fsp3) is 0.0952. The van der Waals surface area contributed by atoms with Gasteiger partial charge in [0.15, 0.2) is 11.7 Å². The number of halogens is 2. The van der Waals surface area contributed by atoms with Crippen molar-refractivity contribution >= 4 is 55.8 Å².